The zero-order valence-electron chi connectivity index (χ0n) is 16.7. The first-order valence-corrected chi connectivity index (χ1v) is 9.89. The highest BCUT2D eigenvalue weighted by Gasteiger charge is 2.43. The number of ether oxygens (including phenoxy) is 1. The molecule has 0 aliphatic heterocycles. The maximum atomic E-state index is 11.5. The largest absolute Gasteiger partial charge is 0.481 e. The summed E-state index contributed by atoms with van der Waals surface area (Å²) in [6.07, 6.45) is 1.07. The van der Waals surface area contributed by atoms with Gasteiger partial charge in [-0.25, -0.2) is 0 Å². The van der Waals surface area contributed by atoms with Crippen LogP contribution in [0.5, 0.6) is 0 Å². The average Bonchev–Trinajstić information content (AvgIpc) is 2.94. The predicted octanol–water partition coefficient (Wildman–Crippen LogP) is 5.15. The molecule has 1 atom stereocenters. The molecule has 0 saturated heterocycles. The molecule has 0 bridgehead atoms. The molecule has 4 nitrogen and oxygen atoms in total. The Kier molecular flexibility index (Phi) is 4.87. The van der Waals surface area contributed by atoms with Crippen LogP contribution in [0.15, 0.2) is 48.5 Å². The van der Waals surface area contributed by atoms with Crippen LogP contribution < -0.4 is 0 Å². The third kappa shape index (κ3) is 3.19. The second-order valence-electron chi connectivity index (χ2n) is 7.92. The van der Waals surface area contributed by atoms with E-state index in [0.29, 0.717) is 19.3 Å². The summed E-state index contributed by atoms with van der Waals surface area (Å²) in [7, 11) is 0. The predicted molar refractivity (Wildman–Crippen MR) is 113 cm³/mol. The van der Waals surface area contributed by atoms with Crippen LogP contribution in [0.1, 0.15) is 41.5 Å². The van der Waals surface area contributed by atoms with E-state index in [2.05, 4.69) is 50.2 Å². The molecule has 0 saturated carbocycles. The molecule has 1 N–H and O–H groups in total. The lowest BCUT2D eigenvalue weighted by atomic mass is 9.71. The van der Waals surface area contributed by atoms with Gasteiger partial charge in [0.05, 0.1) is 6.61 Å². The van der Waals surface area contributed by atoms with Crippen molar-refractivity contribution >= 4 is 23.2 Å². The minimum absolute atomic E-state index is 0.0553. The Labute approximate surface area is 170 Å². The molecule has 0 fully saturated rings. The van der Waals surface area contributed by atoms with Gasteiger partial charge in [-0.3, -0.25) is 9.59 Å². The summed E-state index contributed by atoms with van der Waals surface area (Å²) in [6, 6.07) is 17.0. The zero-order chi connectivity index (χ0) is 20.6. The van der Waals surface area contributed by atoms with E-state index in [1.807, 2.05) is 12.1 Å². The lowest BCUT2D eigenvalue weighted by molar-refractivity contribution is -0.137. The van der Waals surface area contributed by atoms with E-state index >= 15 is 0 Å². The van der Waals surface area contributed by atoms with Gasteiger partial charge in [0, 0.05) is 11.8 Å². The highest BCUT2D eigenvalue weighted by Crippen LogP contribution is 2.54. The maximum Gasteiger partial charge on any atom is 0.303 e. The van der Waals surface area contributed by atoms with E-state index < -0.39 is 11.4 Å². The molecule has 148 valence electrons. The average molecular weight is 388 g/mol. The van der Waals surface area contributed by atoms with Crippen LogP contribution in [-0.4, -0.2) is 24.2 Å². The fourth-order valence-electron chi connectivity index (χ4n) is 4.70. The third-order valence-electron chi connectivity index (χ3n) is 6.32. The molecule has 29 heavy (non-hydrogen) atoms. The quantitative estimate of drug-likeness (QED) is 0.449. The smallest absolute Gasteiger partial charge is 0.303 e. The Morgan fingerprint density at radius 3 is 2.28 bits per heavy atom. The van der Waals surface area contributed by atoms with E-state index in [1.165, 1.54) is 11.1 Å². The van der Waals surface area contributed by atoms with Crippen LogP contribution >= 0.6 is 0 Å². The SMILES string of the molecule is Cc1cc2c(cc1C)C(CCOC=O)(CCC(=O)O)c1cc3ccccc3cc1-2. The molecule has 1 unspecified atom stereocenters. The molecular weight excluding hydrogens is 364 g/mol. The molecule has 3 aromatic carbocycles. The summed E-state index contributed by atoms with van der Waals surface area (Å²) in [5, 5.41) is 11.7. The van der Waals surface area contributed by atoms with Crippen molar-refractivity contribution in [3.05, 3.63) is 70.8 Å². The summed E-state index contributed by atoms with van der Waals surface area (Å²) in [5.74, 6) is -0.819. The number of carbonyl (C=O) groups excluding carboxylic acids is 1. The topological polar surface area (TPSA) is 63.6 Å². The first-order valence-electron chi connectivity index (χ1n) is 9.89. The van der Waals surface area contributed by atoms with Crippen molar-refractivity contribution in [2.45, 2.75) is 38.5 Å². The number of aliphatic carboxylic acids is 1. The van der Waals surface area contributed by atoms with Crippen LogP contribution in [0.4, 0.5) is 0 Å². The summed E-state index contributed by atoms with van der Waals surface area (Å²) in [6.45, 7) is 4.90. The van der Waals surface area contributed by atoms with E-state index in [0.717, 1.165) is 33.0 Å². The minimum atomic E-state index is -0.819. The summed E-state index contributed by atoms with van der Waals surface area (Å²) in [5.41, 5.74) is 6.48. The molecule has 1 aliphatic rings. The van der Waals surface area contributed by atoms with Crippen molar-refractivity contribution in [3.8, 4) is 11.1 Å². The number of rotatable bonds is 7. The van der Waals surface area contributed by atoms with Crippen LogP contribution in [0, 0.1) is 13.8 Å². The standard InChI is InChI=1S/C25H24O4/c1-16-11-20-21-13-18-5-3-4-6-19(18)14-23(21)25(8-7-24(27)28,9-10-29-15-26)22(20)12-17(16)2/h3-6,11-15H,7-10H2,1-2H3,(H,27,28). The Morgan fingerprint density at radius 2 is 1.59 bits per heavy atom. The summed E-state index contributed by atoms with van der Waals surface area (Å²) >= 11 is 0. The Morgan fingerprint density at radius 1 is 0.966 bits per heavy atom. The number of aryl methyl sites for hydroxylation is 2. The van der Waals surface area contributed by atoms with Gasteiger partial charge in [0.1, 0.15) is 0 Å². The molecule has 4 rings (SSSR count). The lowest BCUT2D eigenvalue weighted by Crippen LogP contribution is -2.28. The Bertz CT molecular complexity index is 1120. The van der Waals surface area contributed by atoms with E-state index in [1.54, 1.807) is 0 Å². The first-order chi connectivity index (χ1) is 14.0. The number of carboxylic acids is 1. The van der Waals surface area contributed by atoms with Crippen LogP contribution in [-0.2, 0) is 19.7 Å². The second-order valence-corrected chi connectivity index (χ2v) is 7.92. The molecule has 0 radical (unpaired) electrons. The van der Waals surface area contributed by atoms with E-state index in [-0.39, 0.29) is 13.0 Å². The molecule has 1 aliphatic carbocycles. The fraction of sp³-hybridized carbons (Fsp3) is 0.280. The van der Waals surface area contributed by atoms with Crippen molar-refractivity contribution in [2.24, 2.45) is 0 Å². The van der Waals surface area contributed by atoms with Crippen molar-refractivity contribution in [2.75, 3.05) is 6.61 Å². The molecule has 0 amide bonds. The monoisotopic (exact) mass is 388 g/mol. The normalized spacial score (nSPS) is 17.0. The van der Waals surface area contributed by atoms with Gasteiger partial charge in [0.15, 0.2) is 0 Å². The molecule has 0 heterocycles. The van der Waals surface area contributed by atoms with Gasteiger partial charge < -0.3 is 9.84 Å². The lowest BCUT2D eigenvalue weighted by Gasteiger charge is -2.32. The third-order valence-corrected chi connectivity index (χ3v) is 6.32. The Hall–Kier alpha value is -3.14. The maximum absolute atomic E-state index is 11.5. The summed E-state index contributed by atoms with van der Waals surface area (Å²) in [4.78, 5) is 22.3. The van der Waals surface area contributed by atoms with Gasteiger partial charge in [-0.1, -0.05) is 36.4 Å². The molecule has 3 aromatic rings. The van der Waals surface area contributed by atoms with Crippen molar-refractivity contribution in [1.82, 2.24) is 0 Å². The van der Waals surface area contributed by atoms with Crippen molar-refractivity contribution in [3.63, 3.8) is 0 Å². The highest BCUT2D eigenvalue weighted by atomic mass is 16.5. The van der Waals surface area contributed by atoms with Gasteiger partial charge >= 0.3 is 5.97 Å². The van der Waals surface area contributed by atoms with Crippen molar-refractivity contribution < 1.29 is 19.4 Å². The van der Waals surface area contributed by atoms with Gasteiger partial charge in [-0.05, 0) is 83.0 Å². The number of hydrogen-bond donors (Lipinski definition) is 1. The van der Waals surface area contributed by atoms with Crippen LogP contribution in [0.25, 0.3) is 21.9 Å². The van der Waals surface area contributed by atoms with Gasteiger partial charge in [-0.15, -0.1) is 0 Å². The molecule has 0 aromatic heterocycles. The van der Waals surface area contributed by atoms with Crippen LogP contribution in [0.3, 0.4) is 0 Å². The van der Waals surface area contributed by atoms with Gasteiger partial charge in [0.2, 0.25) is 0 Å². The van der Waals surface area contributed by atoms with E-state index in [4.69, 9.17) is 4.74 Å². The minimum Gasteiger partial charge on any atom is -0.481 e. The molecule has 4 heteroatoms. The fourth-order valence-corrected chi connectivity index (χ4v) is 4.70. The summed E-state index contributed by atoms with van der Waals surface area (Å²) < 4.78 is 5.07. The number of fused-ring (bicyclic) bond motifs is 4. The zero-order valence-corrected chi connectivity index (χ0v) is 16.7. The van der Waals surface area contributed by atoms with E-state index in [9.17, 15) is 14.7 Å². The number of benzene rings is 3. The second kappa shape index (κ2) is 7.36. The number of carboxylic acid groups (broad SMARTS) is 1. The van der Waals surface area contributed by atoms with Crippen LogP contribution in [0.2, 0.25) is 0 Å². The first kappa shape index (κ1) is 19.2. The van der Waals surface area contributed by atoms with Gasteiger partial charge in [-0.2, -0.15) is 0 Å². The van der Waals surface area contributed by atoms with Gasteiger partial charge in [0.25, 0.3) is 6.47 Å². The molecule has 0 spiro atoms. The number of carbonyl (C=O) groups is 2. The Balaban J connectivity index is 2.00. The molecular formula is C25H24O4. The van der Waals surface area contributed by atoms with Crippen molar-refractivity contribution in [1.29, 1.82) is 0 Å². The number of hydrogen-bond acceptors (Lipinski definition) is 3. The highest BCUT2D eigenvalue weighted by molar-refractivity contribution is 5.94.